The van der Waals surface area contributed by atoms with Gasteiger partial charge in [-0.15, -0.1) is 0 Å². The van der Waals surface area contributed by atoms with E-state index in [9.17, 15) is 24.8 Å². The highest BCUT2D eigenvalue weighted by molar-refractivity contribution is 5.83. The highest BCUT2D eigenvalue weighted by Crippen LogP contribution is 2.30. The Hall–Kier alpha value is -2.64. The van der Waals surface area contributed by atoms with Crippen LogP contribution in [0.4, 0.5) is 11.4 Å². The largest absolute Gasteiger partial charge is 0.481 e. The van der Waals surface area contributed by atoms with Gasteiger partial charge in [-0.05, 0) is 25.8 Å². The van der Waals surface area contributed by atoms with Gasteiger partial charge in [-0.1, -0.05) is 12.1 Å². The molecule has 1 fully saturated rings. The van der Waals surface area contributed by atoms with E-state index >= 15 is 0 Å². The van der Waals surface area contributed by atoms with Crippen molar-refractivity contribution < 1.29 is 19.6 Å². The van der Waals surface area contributed by atoms with E-state index in [0.717, 1.165) is 0 Å². The Balaban J connectivity index is 2.00. The van der Waals surface area contributed by atoms with E-state index in [1.165, 1.54) is 17.0 Å². The molecule has 0 aromatic heterocycles. The van der Waals surface area contributed by atoms with Gasteiger partial charge >= 0.3 is 5.97 Å². The van der Waals surface area contributed by atoms with Gasteiger partial charge in [0.1, 0.15) is 5.69 Å². The Morgan fingerprint density at radius 2 is 2.13 bits per heavy atom. The highest BCUT2D eigenvalue weighted by Gasteiger charge is 2.39. The van der Waals surface area contributed by atoms with Gasteiger partial charge in [-0.3, -0.25) is 19.7 Å². The molecular formula is C15H19N3O5. The van der Waals surface area contributed by atoms with Crippen LogP contribution in [0, 0.1) is 15.5 Å². The molecule has 1 aliphatic rings. The van der Waals surface area contributed by atoms with E-state index < -0.39 is 16.3 Å². The Morgan fingerprint density at radius 3 is 2.78 bits per heavy atom. The van der Waals surface area contributed by atoms with E-state index in [1.807, 2.05) is 0 Å². The van der Waals surface area contributed by atoms with Crippen molar-refractivity contribution in [2.24, 2.45) is 5.41 Å². The minimum absolute atomic E-state index is 0.102. The number of hydrogen-bond acceptors (Lipinski definition) is 5. The van der Waals surface area contributed by atoms with Crippen LogP contribution in [0.15, 0.2) is 24.3 Å². The maximum absolute atomic E-state index is 12.3. The van der Waals surface area contributed by atoms with Gasteiger partial charge in [0, 0.05) is 19.2 Å². The number of nitro benzene ring substituents is 1. The molecule has 1 unspecified atom stereocenters. The number of piperidine rings is 1. The van der Waals surface area contributed by atoms with Crippen LogP contribution in [-0.4, -0.2) is 46.4 Å². The van der Waals surface area contributed by atoms with Crippen molar-refractivity contribution in [3.8, 4) is 0 Å². The van der Waals surface area contributed by atoms with Gasteiger partial charge in [-0.25, -0.2) is 0 Å². The first-order valence-electron chi connectivity index (χ1n) is 7.32. The van der Waals surface area contributed by atoms with E-state index in [0.29, 0.717) is 19.4 Å². The smallest absolute Gasteiger partial charge is 0.311 e. The lowest BCUT2D eigenvalue weighted by Gasteiger charge is -2.37. The van der Waals surface area contributed by atoms with Crippen molar-refractivity contribution in [3.05, 3.63) is 34.4 Å². The van der Waals surface area contributed by atoms with Crippen LogP contribution >= 0.6 is 0 Å². The molecule has 0 spiro atoms. The minimum atomic E-state index is -0.938. The number of carboxylic acids is 1. The second-order valence-electron chi connectivity index (χ2n) is 5.91. The third-order valence-corrected chi connectivity index (χ3v) is 4.10. The van der Waals surface area contributed by atoms with Gasteiger partial charge in [0.25, 0.3) is 5.69 Å². The van der Waals surface area contributed by atoms with Crippen LogP contribution in [0.3, 0.4) is 0 Å². The third kappa shape index (κ3) is 3.77. The molecule has 1 aromatic rings. The Morgan fingerprint density at radius 1 is 1.43 bits per heavy atom. The van der Waals surface area contributed by atoms with Gasteiger partial charge in [0.15, 0.2) is 0 Å². The van der Waals surface area contributed by atoms with Crippen LogP contribution in [0.2, 0.25) is 0 Å². The number of benzene rings is 1. The summed E-state index contributed by atoms with van der Waals surface area (Å²) in [6, 6.07) is 6.08. The van der Waals surface area contributed by atoms with Crippen molar-refractivity contribution in [2.75, 3.05) is 25.0 Å². The molecule has 1 amide bonds. The van der Waals surface area contributed by atoms with Crippen molar-refractivity contribution in [1.29, 1.82) is 0 Å². The summed E-state index contributed by atoms with van der Waals surface area (Å²) >= 11 is 0. The lowest BCUT2D eigenvalue weighted by molar-refractivity contribution is -0.383. The van der Waals surface area contributed by atoms with Crippen LogP contribution in [0.1, 0.15) is 19.8 Å². The van der Waals surface area contributed by atoms with Crippen molar-refractivity contribution in [2.45, 2.75) is 19.8 Å². The zero-order chi connectivity index (χ0) is 17.0. The Labute approximate surface area is 133 Å². The van der Waals surface area contributed by atoms with Gasteiger partial charge in [-0.2, -0.15) is 0 Å². The molecule has 0 aliphatic carbocycles. The molecule has 23 heavy (non-hydrogen) atoms. The molecule has 0 saturated carbocycles. The maximum Gasteiger partial charge on any atom is 0.311 e. The number of nitrogens with one attached hydrogen (secondary N) is 1. The summed E-state index contributed by atoms with van der Waals surface area (Å²) in [5, 5.41) is 23.0. The van der Waals surface area contributed by atoms with Crippen molar-refractivity contribution >= 4 is 23.3 Å². The first-order valence-corrected chi connectivity index (χ1v) is 7.32. The molecule has 2 rings (SSSR count). The summed E-state index contributed by atoms with van der Waals surface area (Å²) in [6.45, 7) is 2.17. The topological polar surface area (TPSA) is 113 Å². The average molecular weight is 321 g/mol. The van der Waals surface area contributed by atoms with E-state index in [4.69, 9.17) is 0 Å². The molecule has 2 N–H and O–H groups in total. The molecule has 8 heteroatoms. The molecule has 0 radical (unpaired) electrons. The summed E-state index contributed by atoms with van der Waals surface area (Å²) in [4.78, 5) is 35.5. The summed E-state index contributed by atoms with van der Waals surface area (Å²) in [5.74, 6) is -1.18. The number of hydrogen-bond donors (Lipinski definition) is 2. The average Bonchev–Trinajstić information content (AvgIpc) is 2.52. The van der Waals surface area contributed by atoms with Crippen LogP contribution in [0.5, 0.6) is 0 Å². The summed E-state index contributed by atoms with van der Waals surface area (Å²) in [5.41, 5.74) is -0.773. The Kier molecular flexibility index (Phi) is 4.83. The van der Waals surface area contributed by atoms with E-state index in [2.05, 4.69) is 5.32 Å². The normalized spacial score (nSPS) is 20.8. The Bertz CT molecular complexity index is 633. The zero-order valence-electron chi connectivity index (χ0n) is 12.8. The number of likely N-dealkylation sites (tertiary alicyclic amines) is 1. The van der Waals surface area contributed by atoms with Gasteiger partial charge in [0.2, 0.25) is 5.91 Å². The summed E-state index contributed by atoms with van der Waals surface area (Å²) in [7, 11) is 0. The highest BCUT2D eigenvalue weighted by atomic mass is 16.6. The molecule has 0 bridgehead atoms. The number of carbonyl (C=O) groups is 2. The monoisotopic (exact) mass is 321 g/mol. The molecule has 1 atom stereocenters. The van der Waals surface area contributed by atoms with Crippen LogP contribution in [-0.2, 0) is 9.59 Å². The molecule has 1 aromatic carbocycles. The fourth-order valence-electron chi connectivity index (χ4n) is 2.69. The van der Waals surface area contributed by atoms with Gasteiger partial charge < -0.3 is 15.3 Å². The number of aliphatic carboxylic acids is 1. The minimum Gasteiger partial charge on any atom is -0.481 e. The second kappa shape index (κ2) is 6.64. The number of para-hydroxylation sites is 2. The number of carboxylic acid groups (broad SMARTS) is 1. The summed E-state index contributed by atoms with van der Waals surface area (Å²) in [6.07, 6.45) is 1.16. The number of carbonyl (C=O) groups excluding carboxylic acids is 1. The quantitative estimate of drug-likeness (QED) is 0.630. The molecule has 8 nitrogen and oxygen atoms in total. The number of rotatable bonds is 5. The summed E-state index contributed by atoms with van der Waals surface area (Å²) < 4.78 is 0. The predicted molar refractivity (Wildman–Crippen MR) is 83.1 cm³/mol. The number of anilines is 1. The zero-order valence-corrected chi connectivity index (χ0v) is 12.8. The van der Waals surface area contributed by atoms with Crippen LogP contribution in [0.25, 0.3) is 0 Å². The molecular weight excluding hydrogens is 302 g/mol. The first-order chi connectivity index (χ1) is 10.8. The lowest BCUT2D eigenvalue weighted by Crippen LogP contribution is -2.49. The van der Waals surface area contributed by atoms with E-state index in [-0.39, 0.29) is 30.4 Å². The van der Waals surface area contributed by atoms with Crippen LogP contribution < -0.4 is 5.32 Å². The fraction of sp³-hybridized carbons (Fsp3) is 0.467. The molecule has 1 heterocycles. The number of amides is 1. The number of nitro groups is 1. The second-order valence-corrected chi connectivity index (χ2v) is 5.91. The molecule has 1 aliphatic heterocycles. The van der Waals surface area contributed by atoms with E-state index in [1.54, 1.807) is 19.1 Å². The van der Waals surface area contributed by atoms with Crippen molar-refractivity contribution in [3.63, 3.8) is 0 Å². The predicted octanol–water partition coefficient (Wildman–Crippen LogP) is 1.72. The molecule has 1 saturated heterocycles. The standard InChI is InChI=1S/C15H19N3O5/c1-15(14(20)21)7-4-8-17(10-15)13(19)9-16-11-5-2-3-6-12(11)18(22)23/h2-3,5-6,16H,4,7-10H2,1H3,(H,20,21). The lowest BCUT2D eigenvalue weighted by atomic mass is 9.82. The third-order valence-electron chi connectivity index (χ3n) is 4.10. The fourth-order valence-corrected chi connectivity index (χ4v) is 2.69. The number of nitrogens with zero attached hydrogens (tertiary/aromatic N) is 2. The molecule has 124 valence electrons. The van der Waals surface area contributed by atoms with Crippen molar-refractivity contribution in [1.82, 2.24) is 4.90 Å². The maximum atomic E-state index is 12.3. The van der Waals surface area contributed by atoms with Gasteiger partial charge in [0.05, 0.1) is 16.9 Å². The first kappa shape index (κ1) is 16.7. The SMILES string of the molecule is CC1(C(=O)O)CCCN(C(=O)CNc2ccccc2[N+](=O)[O-])C1.